The highest BCUT2D eigenvalue weighted by molar-refractivity contribution is 6.00. The molecule has 1 aliphatic rings. The molecule has 1 heterocycles. The summed E-state index contributed by atoms with van der Waals surface area (Å²) in [6.07, 6.45) is 0. The van der Waals surface area contributed by atoms with Gasteiger partial charge in [-0.2, -0.15) is 0 Å². The smallest absolute Gasteiger partial charge is 0.323 e. The van der Waals surface area contributed by atoms with Crippen molar-refractivity contribution in [2.45, 2.75) is 13.8 Å². The van der Waals surface area contributed by atoms with Crippen LogP contribution < -0.4 is 10.1 Å². The number of ether oxygens (including phenoxy) is 1. The molecule has 1 aliphatic heterocycles. The fourth-order valence-electron chi connectivity index (χ4n) is 2.22. The lowest BCUT2D eigenvalue weighted by Gasteiger charge is -2.24. The van der Waals surface area contributed by atoms with E-state index in [1.165, 1.54) is 11.0 Å². The molecule has 0 radical (unpaired) electrons. The minimum absolute atomic E-state index is 0.0568. The number of aliphatic carboxylic acids is 1. The van der Waals surface area contributed by atoms with Gasteiger partial charge in [-0.1, -0.05) is 13.8 Å². The summed E-state index contributed by atoms with van der Waals surface area (Å²) in [6, 6.07) is 4.66. The molecule has 7 heteroatoms. The summed E-state index contributed by atoms with van der Waals surface area (Å²) in [7, 11) is 0. The molecule has 1 aromatic rings. The van der Waals surface area contributed by atoms with Gasteiger partial charge in [0.2, 0.25) is 0 Å². The minimum atomic E-state index is -1.07. The number of amides is 2. The Morgan fingerprint density at radius 3 is 2.77 bits per heavy atom. The monoisotopic (exact) mass is 306 g/mol. The number of benzene rings is 1. The van der Waals surface area contributed by atoms with Gasteiger partial charge in [0.15, 0.2) is 6.61 Å². The van der Waals surface area contributed by atoms with Gasteiger partial charge in [0, 0.05) is 12.1 Å². The largest absolute Gasteiger partial charge is 0.482 e. The molecule has 2 N–H and O–H groups in total. The summed E-state index contributed by atoms with van der Waals surface area (Å²) in [5, 5.41) is 11.6. The van der Waals surface area contributed by atoms with Crippen molar-refractivity contribution in [3.63, 3.8) is 0 Å². The van der Waals surface area contributed by atoms with E-state index < -0.39 is 11.9 Å². The molecular formula is C15H18N2O5. The van der Waals surface area contributed by atoms with Crippen molar-refractivity contribution in [2.75, 3.05) is 25.0 Å². The zero-order valence-electron chi connectivity index (χ0n) is 12.5. The third-order valence-corrected chi connectivity index (χ3v) is 3.06. The number of carbonyl (C=O) groups excluding carboxylic acids is 2. The van der Waals surface area contributed by atoms with Crippen molar-refractivity contribution in [1.29, 1.82) is 0 Å². The first-order valence-electron chi connectivity index (χ1n) is 6.94. The van der Waals surface area contributed by atoms with Crippen LogP contribution in [0.1, 0.15) is 24.2 Å². The SMILES string of the molecule is CC(C)CN(CC(=O)O)C(=O)c1ccc2c(c1)NC(=O)CO2. The summed E-state index contributed by atoms with van der Waals surface area (Å²) < 4.78 is 5.23. The molecule has 7 nitrogen and oxygen atoms in total. The molecule has 0 spiro atoms. The lowest BCUT2D eigenvalue weighted by atomic mass is 10.1. The van der Waals surface area contributed by atoms with Crippen LogP contribution in [0, 0.1) is 5.92 Å². The molecule has 22 heavy (non-hydrogen) atoms. The number of nitrogens with one attached hydrogen (secondary N) is 1. The lowest BCUT2D eigenvalue weighted by Crippen LogP contribution is -2.38. The summed E-state index contributed by atoms with van der Waals surface area (Å²) in [6.45, 7) is 3.73. The highest BCUT2D eigenvalue weighted by Crippen LogP contribution is 2.28. The van der Waals surface area contributed by atoms with Crippen molar-refractivity contribution >= 4 is 23.5 Å². The van der Waals surface area contributed by atoms with Gasteiger partial charge in [-0.25, -0.2) is 0 Å². The second-order valence-electron chi connectivity index (χ2n) is 5.52. The lowest BCUT2D eigenvalue weighted by molar-refractivity contribution is -0.137. The zero-order chi connectivity index (χ0) is 16.3. The zero-order valence-corrected chi connectivity index (χ0v) is 12.5. The Bertz CT molecular complexity index is 612. The molecule has 2 rings (SSSR count). The number of carbonyl (C=O) groups is 3. The number of rotatable bonds is 5. The fourth-order valence-corrected chi connectivity index (χ4v) is 2.22. The van der Waals surface area contributed by atoms with Crippen LogP contribution in [0.3, 0.4) is 0 Å². The molecule has 0 bridgehead atoms. The molecule has 2 amide bonds. The van der Waals surface area contributed by atoms with Crippen LogP contribution in [0.4, 0.5) is 5.69 Å². The number of carboxylic acid groups (broad SMARTS) is 1. The van der Waals surface area contributed by atoms with Crippen LogP contribution in [-0.2, 0) is 9.59 Å². The predicted molar refractivity (Wildman–Crippen MR) is 78.9 cm³/mol. The summed E-state index contributed by atoms with van der Waals surface area (Å²) >= 11 is 0. The van der Waals surface area contributed by atoms with E-state index in [9.17, 15) is 14.4 Å². The van der Waals surface area contributed by atoms with Crippen LogP contribution in [0.5, 0.6) is 5.75 Å². The van der Waals surface area contributed by atoms with Crippen LogP contribution in [-0.4, -0.2) is 47.5 Å². The maximum atomic E-state index is 12.5. The second kappa shape index (κ2) is 6.46. The highest BCUT2D eigenvalue weighted by Gasteiger charge is 2.22. The molecule has 0 aromatic heterocycles. The number of carboxylic acids is 1. The maximum absolute atomic E-state index is 12.5. The molecule has 0 saturated carbocycles. The molecule has 1 aromatic carbocycles. The second-order valence-corrected chi connectivity index (χ2v) is 5.52. The third kappa shape index (κ3) is 3.75. The first kappa shape index (κ1) is 15.8. The van der Waals surface area contributed by atoms with Crippen molar-refractivity contribution in [1.82, 2.24) is 4.90 Å². The van der Waals surface area contributed by atoms with E-state index in [1.807, 2.05) is 13.8 Å². The van der Waals surface area contributed by atoms with E-state index in [4.69, 9.17) is 9.84 Å². The number of anilines is 1. The Morgan fingerprint density at radius 1 is 1.41 bits per heavy atom. The van der Waals surface area contributed by atoms with Gasteiger partial charge in [0.1, 0.15) is 12.3 Å². The average Bonchev–Trinajstić information content (AvgIpc) is 2.44. The molecule has 0 aliphatic carbocycles. The molecule has 0 unspecified atom stereocenters. The van der Waals surface area contributed by atoms with Crippen LogP contribution >= 0.6 is 0 Å². The van der Waals surface area contributed by atoms with Crippen molar-refractivity contribution < 1.29 is 24.2 Å². The first-order valence-corrected chi connectivity index (χ1v) is 6.94. The maximum Gasteiger partial charge on any atom is 0.323 e. The number of hydrogen-bond acceptors (Lipinski definition) is 4. The van der Waals surface area contributed by atoms with E-state index in [-0.39, 0.29) is 25.0 Å². The molecule has 118 valence electrons. The first-order chi connectivity index (χ1) is 10.4. The van der Waals surface area contributed by atoms with Gasteiger partial charge >= 0.3 is 5.97 Å². The van der Waals surface area contributed by atoms with Crippen LogP contribution in [0.2, 0.25) is 0 Å². The molecule has 0 saturated heterocycles. The quantitative estimate of drug-likeness (QED) is 0.852. The van der Waals surface area contributed by atoms with Crippen LogP contribution in [0.15, 0.2) is 18.2 Å². The van der Waals surface area contributed by atoms with Gasteiger partial charge in [-0.3, -0.25) is 14.4 Å². The Morgan fingerprint density at radius 2 is 2.14 bits per heavy atom. The van der Waals surface area contributed by atoms with Gasteiger partial charge in [0.05, 0.1) is 5.69 Å². The standard InChI is InChI=1S/C15H18N2O5/c1-9(2)6-17(7-14(19)20)15(21)10-3-4-12-11(5-10)16-13(18)8-22-12/h3-5,9H,6-8H2,1-2H3,(H,16,18)(H,19,20). The molecule has 0 atom stereocenters. The predicted octanol–water partition coefficient (Wildman–Crippen LogP) is 1.20. The minimum Gasteiger partial charge on any atom is -0.482 e. The number of nitrogens with zero attached hydrogens (tertiary/aromatic N) is 1. The van der Waals surface area contributed by atoms with Crippen molar-refractivity contribution in [2.24, 2.45) is 5.92 Å². The van der Waals surface area contributed by atoms with Crippen LogP contribution in [0.25, 0.3) is 0 Å². The van der Waals surface area contributed by atoms with E-state index in [1.54, 1.807) is 12.1 Å². The topological polar surface area (TPSA) is 95.9 Å². The summed E-state index contributed by atoms with van der Waals surface area (Å²) in [5.74, 6) is -1.11. The van der Waals surface area contributed by atoms with Gasteiger partial charge in [-0.05, 0) is 24.1 Å². The average molecular weight is 306 g/mol. The van der Waals surface area contributed by atoms with Gasteiger partial charge in [-0.15, -0.1) is 0 Å². The van der Waals surface area contributed by atoms with Crippen molar-refractivity contribution in [3.8, 4) is 5.75 Å². The summed E-state index contributed by atoms with van der Waals surface area (Å²) in [5.41, 5.74) is 0.730. The normalized spacial score (nSPS) is 13.1. The Balaban J connectivity index is 2.24. The molecular weight excluding hydrogens is 288 g/mol. The fraction of sp³-hybridized carbons (Fsp3) is 0.400. The Labute approximate surface area is 127 Å². The van der Waals surface area contributed by atoms with E-state index in [2.05, 4.69) is 5.32 Å². The van der Waals surface area contributed by atoms with Gasteiger partial charge < -0.3 is 20.1 Å². The van der Waals surface area contributed by atoms with E-state index in [0.717, 1.165) is 0 Å². The number of fused-ring (bicyclic) bond motifs is 1. The third-order valence-electron chi connectivity index (χ3n) is 3.06. The highest BCUT2D eigenvalue weighted by atomic mass is 16.5. The molecule has 0 fully saturated rings. The number of hydrogen-bond donors (Lipinski definition) is 2. The van der Waals surface area contributed by atoms with E-state index in [0.29, 0.717) is 23.5 Å². The van der Waals surface area contributed by atoms with E-state index >= 15 is 0 Å². The Kier molecular flexibility index (Phi) is 4.65. The van der Waals surface area contributed by atoms with Crippen molar-refractivity contribution in [3.05, 3.63) is 23.8 Å². The Hall–Kier alpha value is -2.57. The summed E-state index contributed by atoms with van der Waals surface area (Å²) in [4.78, 5) is 36.0. The van der Waals surface area contributed by atoms with Gasteiger partial charge in [0.25, 0.3) is 11.8 Å².